The van der Waals surface area contributed by atoms with Crippen molar-refractivity contribution >= 4 is 11.0 Å². The third-order valence-corrected chi connectivity index (χ3v) is 6.58. The van der Waals surface area contributed by atoms with Gasteiger partial charge in [0.1, 0.15) is 18.4 Å². The van der Waals surface area contributed by atoms with Crippen molar-refractivity contribution in [1.29, 1.82) is 0 Å². The van der Waals surface area contributed by atoms with Crippen LogP contribution in [0.25, 0.3) is 39.1 Å². The van der Waals surface area contributed by atoms with E-state index in [0.29, 0.717) is 5.56 Å². The number of fused-ring (bicyclic) bond motifs is 5. The summed E-state index contributed by atoms with van der Waals surface area (Å²) in [6.45, 7) is 1.90. The third-order valence-electron chi connectivity index (χ3n) is 6.58. The number of para-hydroxylation sites is 1. The summed E-state index contributed by atoms with van der Waals surface area (Å²) in [5.74, 6) is 1.04. The number of aromatic nitrogens is 3. The molecule has 0 fully saturated rings. The molecule has 0 aliphatic carbocycles. The number of aryl methyl sites for hydroxylation is 4. The molecular weight excluding hydrogens is 390 g/mol. The van der Waals surface area contributed by atoms with E-state index >= 15 is 0 Å². The molecule has 156 valence electrons. The zero-order valence-electron chi connectivity index (χ0n) is 21.5. The number of hydrogen-bond donors (Lipinski definition) is 0. The van der Waals surface area contributed by atoms with E-state index in [9.17, 15) is 0 Å². The maximum absolute atomic E-state index is 8.19. The second-order valence-corrected chi connectivity index (χ2v) is 8.76. The van der Waals surface area contributed by atoms with Gasteiger partial charge in [-0.1, -0.05) is 54.1 Å². The van der Waals surface area contributed by atoms with Crippen LogP contribution in [0.5, 0.6) is 0 Å². The Balaban J connectivity index is 1.63. The molecule has 0 N–H and O–H groups in total. The van der Waals surface area contributed by atoms with E-state index in [1.807, 2.05) is 48.9 Å². The molecule has 5 aromatic rings. The van der Waals surface area contributed by atoms with Crippen LogP contribution < -0.4 is 4.57 Å². The van der Waals surface area contributed by atoms with Gasteiger partial charge in [-0.05, 0) is 55.1 Å². The van der Waals surface area contributed by atoms with Gasteiger partial charge in [0.2, 0.25) is 5.69 Å². The normalized spacial score (nSPS) is 14.0. The number of hydrogen-bond acceptors (Lipinski definition) is 1. The van der Waals surface area contributed by atoms with Crippen LogP contribution in [0.2, 0.25) is 0 Å². The minimum Gasteiger partial charge on any atom is -0.296 e. The van der Waals surface area contributed by atoms with Crippen molar-refractivity contribution in [2.75, 3.05) is 0 Å². The largest absolute Gasteiger partial charge is 0.296 e. The Hall–Kier alpha value is -3.72. The zero-order chi connectivity index (χ0) is 24.5. The first-order chi connectivity index (χ1) is 16.7. The lowest BCUT2D eigenvalue weighted by Gasteiger charge is -2.11. The van der Waals surface area contributed by atoms with E-state index < -0.39 is 6.85 Å². The second kappa shape index (κ2) is 6.89. The van der Waals surface area contributed by atoms with Gasteiger partial charge < -0.3 is 0 Å². The summed E-state index contributed by atoms with van der Waals surface area (Å²) in [7, 11) is 1.92. The van der Waals surface area contributed by atoms with Crippen LogP contribution in [0, 0.1) is 20.7 Å². The van der Waals surface area contributed by atoms with Crippen LogP contribution in [-0.2, 0) is 13.5 Å². The molecule has 3 heterocycles. The molecule has 32 heavy (non-hydrogen) atoms. The molecule has 6 rings (SSSR count). The van der Waals surface area contributed by atoms with Crippen LogP contribution >= 0.6 is 0 Å². The van der Waals surface area contributed by atoms with Crippen LogP contribution in [0.1, 0.15) is 32.2 Å². The standard InChI is InChI=1S/C29H26N3/c1-18-9-12-21(13-10-18)23-16-26(31(4)17-20(23)3)28-19(2)11-14-25-29(28)30-27-15-22-7-5-6-8-24(22)32(25)27/h5-14,16-17H,15H2,1-4H3/q+1/i3D3. The molecule has 3 nitrogen and oxygen atoms in total. The lowest BCUT2D eigenvalue weighted by atomic mass is 9.96. The topological polar surface area (TPSA) is 21.7 Å². The summed E-state index contributed by atoms with van der Waals surface area (Å²) >= 11 is 0. The minimum absolute atomic E-state index is 0.346. The van der Waals surface area contributed by atoms with Crippen molar-refractivity contribution in [2.24, 2.45) is 7.05 Å². The van der Waals surface area contributed by atoms with Crippen molar-refractivity contribution in [3.05, 3.63) is 101 Å². The molecule has 0 atom stereocenters. The van der Waals surface area contributed by atoms with E-state index in [1.165, 1.54) is 11.3 Å². The highest BCUT2D eigenvalue weighted by molar-refractivity contribution is 5.95. The van der Waals surface area contributed by atoms with Crippen molar-refractivity contribution < 1.29 is 8.68 Å². The first-order valence-corrected chi connectivity index (χ1v) is 10.9. The van der Waals surface area contributed by atoms with Gasteiger partial charge in [-0.2, -0.15) is 0 Å². The molecule has 1 aliphatic rings. The van der Waals surface area contributed by atoms with Gasteiger partial charge in [-0.3, -0.25) is 4.57 Å². The van der Waals surface area contributed by atoms with Gasteiger partial charge in [0.15, 0.2) is 6.20 Å². The first-order valence-electron chi connectivity index (χ1n) is 12.4. The lowest BCUT2D eigenvalue weighted by Crippen LogP contribution is -2.31. The average Bonchev–Trinajstić information content (AvgIpc) is 3.35. The summed E-state index contributed by atoms with van der Waals surface area (Å²) in [4.78, 5) is 5.11. The Morgan fingerprint density at radius 2 is 1.78 bits per heavy atom. The molecule has 0 radical (unpaired) electrons. The van der Waals surface area contributed by atoms with E-state index in [-0.39, 0.29) is 0 Å². The fraction of sp³-hybridized carbons (Fsp3) is 0.172. The summed E-state index contributed by atoms with van der Waals surface area (Å²) in [6, 6.07) is 22.8. The van der Waals surface area contributed by atoms with Crippen LogP contribution in [0.3, 0.4) is 0 Å². The smallest absolute Gasteiger partial charge is 0.215 e. The molecule has 0 bridgehead atoms. The van der Waals surface area contributed by atoms with Gasteiger partial charge in [-0.25, -0.2) is 9.55 Å². The Morgan fingerprint density at radius 1 is 0.969 bits per heavy atom. The third kappa shape index (κ3) is 2.74. The van der Waals surface area contributed by atoms with E-state index in [4.69, 9.17) is 9.10 Å². The number of imidazole rings is 1. The molecule has 3 aromatic carbocycles. The van der Waals surface area contributed by atoms with Gasteiger partial charge in [0, 0.05) is 22.2 Å². The summed E-state index contributed by atoms with van der Waals surface area (Å²) in [6.07, 6.45) is 2.57. The Kier molecular flexibility index (Phi) is 3.44. The molecule has 1 aliphatic heterocycles. The quantitative estimate of drug-likeness (QED) is 0.315. The number of pyridine rings is 1. The van der Waals surface area contributed by atoms with Gasteiger partial charge in [-0.15, -0.1) is 0 Å². The SMILES string of the molecule is [2H]C([2H])([2H])c1c[n+](C)c(-c2c(C)ccc3c2nc2n3-c3ccccc3C2)cc1-c1ccc(C)cc1. The summed E-state index contributed by atoms with van der Waals surface area (Å²) in [5.41, 5.74) is 10.7. The molecule has 0 saturated carbocycles. The monoisotopic (exact) mass is 419 g/mol. The molecule has 0 unspecified atom stereocenters. The second-order valence-electron chi connectivity index (χ2n) is 8.76. The minimum atomic E-state index is -2.23. The van der Waals surface area contributed by atoms with Gasteiger partial charge in [0.05, 0.1) is 16.8 Å². The van der Waals surface area contributed by atoms with Gasteiger partial charge >= 0.3 is 0 Å². The van der Waals surface area contributed by atoms with Crippen LogP contribution in [0.4, 0.5) is 0 Å². The number of nitrogens with zero attached hydrogens (tertiary/aromatic N) is 3. The Morgan fingerprint density at radius 3 is 2.59 bits per heavy atom. The summed E-state index contributed by atoms with van der Waals surface area (Å²) < 4.78 is 28.7. The van der Waals surface area contributed by atoms with Crippen molar-refractivity contribution in [3.63, 3.8) is 0 Å². The highest BCUT2D eigenvalue weighted by Crippen LogP contribution is 2.37. The van der Waals surface area contributed by atoms with Crippen molar-refractivity contribution in [3.8, 4) is 28.1 Å². The maximum atomic E-state index is 8.19. The first kappa shape index (κ1) is 16.0. The van der Waals surface area contributed by atoms with Crippen LogP contribution in [-0.4, -0.2) is 9.55 Å². The average molecular weight is 420 g/mol. The fourth-order valence-electron chi connectivity index (χ4n) is 4.92. The molecule has 0 saturated heterocycles. The summed E-state index contributed by atoms with van der Waals surface area (Å²) in [5, 5.41) is 0. The highest BCUT2D eigenvalue weighted by atomic mass is 15.1. The van der Waals surface area contributed by atoms with Gasteiger partial charge in [0.25, 0.3) is 0 Å². The Labute approximate surface area is 192 Å². The predicted octanol–water partition coefficient (Wildman–Crippen LogP) is 6.01. The molecule has 0 amide bonds. The lowest BCUT2D eigenvalue weighted by molar-refractivity contribution is -0.660. The highest BCUT2D eigenvalue weighted by Gasteiger charge is 2.27. The molecule has 3 heteroatoms. The Bertz CT molecular complexity index is 1630. The van der Waals surface area contributed by atoms with E-state index in [0.717, 1.165) is 56.8 Å². The number of benzene rings is 3. The van der Waals surface area contributed by atoms with E-state index in [1.54, 1.807) is 6.20 Å². The van der Waals surface area contributed by atoms with Crippen molar-refractivity contribution in [2.45, 2.75) is 27.1 Å². The maximum Gasteiger partial charge on any atom is 0.215 e. The fourth-order valence-corrected chi connectivity index (χ4v) is 4.92. The molecule has 0 spiro atoms. The zero-order valence-corrected chi connectivity index (χ0v) is 18.5. The number of rotatable bonds is 2. The van der Waals surface area contributed by atoms with Crippen LogP contribution in [0.15, 0.2) is 72.9 Å². The predicted molar refractivity (Wildman–Crippen MR) is 130 cm³/mol. The van der Waals surface area contributed by atoms with E-state index in [2.05, 4.69) is 47.9 Å². The molecule has 2 aromatic heterocycles. The molecular formula is C29H26N3+. The van der Waals surface area contributed by atoms with Crippen molar-refractivity contribution in [1.82, 2.24) is 9.55 Å².